The summed E-state index contributed by atoms with van der Waals surface area (Å²) in [4.78, 5) is 78.0. The second-order valence-electron chi connectivity index (χ2n) is 16.7. The van der Waals surface area contributed by atoms with Crippen molar-refractivity contribution in [2.24, 2.45) is 10.8 Å². The third kappa shape index (κ3) is 7.85. The van der Waals surface area contributed by atoms with Crippen LogP contribution in [0.3, 0.4) is 0 Å². The lowest BCUT2D eigenvalue weighted by molar-refractivity contribution is -0.165. The van der Waals surface area contributed by atoms with E-state index in [9.17, 15) is 29.2 Å². The van der Waals surface area contributed by atoms with Gasteiger partial charge in [0.2, 0.25) is 17.7 Å². The van der Waals surface area contributed by atoms with Gasteiger partial charge in [-0.3, -0.25) is 39.1 Å². The van der Waals surface area contributed by atoms with Crippen molar-refractivity contribution in [2.75, 3.05) is 44.2 Å². The summed E-state index contributed by atoms with van der Waals surface area (Å²) >= 11 is 0. The number of aryl methyl sites for hydroxylation is 1. The predicted molar refractivity (Wildman–Crippen MR) is 212 cm³/mol. The van der Waals surface area contributed by atoms with Crippen molar-refractivity contribution in [3.05, 3.63) is 76.6 Å². The van der Waals surface area contributed by atoms with Crippen LogP contribution in [0.2, 0.25) is 0 Å². The number of piperidine rings is 1. The summed E-state index contributed by atoms with van der Waals surface area (Å²) in [7, 11) is 0. The summed E-state index contributed by atoms with van der Waals surface area (Å²) in [6.45, 7) is 15.0. The molecule has 2 saturated heterocycles. The van der Waals surface area contributed by atoms with Crippen LogP contribution in [0, 0.1) is 29.1 Å². The lowest BCUT2D eigenvalue weighted by Crippen LogP contribution is -2.74. The van der Waals surface area contributed by atoms with Gasteiger partial charge in [0.1, 0.15) is 29.8 Å². The first-order valence-electron chi connectivity index (χ1n) is 20.0. The summed E-state index contributed by atoms with van der Waals surface area (Å²) in [5.74, 6) is -0.507. The number of nitrogens with zero attached hydrogens (tertiary/aromatic N) is 6. The van der Waals surface area contributed by atoms with E-state index in [0.717, 1.165) is 62.7 Å². The Bertz CT molecular complexity index is 2140. The van der Waals surface area contributed by atoms with Crippen LogP contribution in [0.25, 0.3) is 0 Å². The molecular formula is C43H50N8O7. The SMILES string of the molecule is Cc1nc(O[C@H]2C(C)(C)[C@H](NC(=O)c3ccc(N4CCN(CCCCCOc5ccc6c(c5)C(=O)N(C5CCC(=O)NC5=O)C6=O)CC4)nc3)C2(C)C)ccc1C#N. The molecule has 3 fully saturated rings. The number of hydrogen-bond donors (Lipinski definition) is 2. The van der Waals surface area contributed by atoms with Gasteiger partial charge in [0, 0.05) is 61.7 Å². The topological polar surface area (TPSA) is 187 Å². The summed E-state index contributed by atoms with van der Waals surface area (Å²) in [6.07, 6.45) is 4.44. The molecular weight excluding hydrogens is 741 g/mol. The highest BCUT2D eigenvalue weighted by atomic mass is 16.5. The van der Waals surface area contributed by atoms with E-state index in [-0.39, 0.29) is 52.9 Å². The molecule has 7 rings (SSSR count). The maximum atomic E-state index is 13.4. The first-order chi connectivity index (χ1) is 27.7. The van der Waals surface area contributed by atoms with Crippen LogP contribution in [0.5, 0.6) is 11.6 Å². The fourth-order valence-electron chi connectivity index (χ4n) is 9.11. The highest BCUT2D eigenvalue weighted by Crippen LogP contribution is 2.55. The Morgan fingerprint density at radius 2 is 1.69 bits per heavy atom. The molecule has 0 bridgehead atoms. The number of ether oxygens (including phenoxy) is 2. The Labute approximate surface area is 338 Å². The number of piperazine rings is 1. The number of pyridine rings is 2. The quantitative estimate of drug-likeness (QED) is 0.187. The molecule has 1 aliphatic carbocycles. The van der Waals surface area contributed by atoms with E-state index in [2.05, 4.69) is 64.2 Å². The van der Waals surface area contributed by atoms with Gasteiger partial charge < -0.3 is 19.7 Å². The van der Waals surface area contributed by atoms with E-state index in [0.29, 0.717) is 35.1 Å². The van der Waals surface area contributed by atoms with E-state index >= 15 is 0 Å². The number of rotatable bonds is 13. The fourth-order valence-corrected chi connectivity index (χ4v) is 9.11. The van der Waals surface area contributed by atoms with Crippen molar-refractivity contribution in [2.45, 2.75) is 84.9 Å². The largest absolute Gasteiger partial charge is 0.494 e. The number of hydrogen-bond acceptors (Lipinski definition) is 12. The maximum Gasteiger partial charge on any atom is 0.262 e. The van der Waals surface area contributed by atoms with E-state index < -0.39 is 29.7 Å². The molecule has 0 radical (unpaired) electrons. The van der Waals surface area contributed by atoms with Crippen molar-refractivity contribution in [1.82, 2.24) is 30.4 Å². The van der Waals surface area contributed by atoms with E-state index in [1.54, 1.807) is 43.5 Å². The molecule has 5 amide bonds. The molecule has 1 unspecified atom stereocenters. The Morgan fingerprint density at radius 1 is 0.948 bits per heavy atom. The molecule has 3 aromatic rings. The Morgan fingerprint density at radius 3 is 2.36 bits per heavy atom. The minimum Gasteiger partial charge on any atom is -0.494 e. The molecule has 1 atom stereocenters. The van der Waals surface area contributed by atoms with Crippen molar-refractivity contribution in [3.8, 4) is 17.7 Å². The molecule has 5 heterocycles. The van der Waals surface area contributed by atoms with Gasteiger partial charge in [-0.05, 0) is 75.5 Å². The normalized spacial score (nSPS) is 22.4. The molecule has 3 aliphatic heterocycles. The predicted octanol–water partition coefficient (Wildman–Crippen LogP) is 4.04. The van der Waals surface area contributed by atoms with Crippen molar-refractivity contribution in [1.29, 1.82) is 5.26 Å². The Kier molecular flexibility index (Phi) is 11.2. The summed E-state index contributed by atoms with van der Waals surface area (Å²) in [5, 5.41) is 14.7. The second-order valence-corrected chi connectivity index (χ2v) is 16.7. The van der Waals surface area contributed by atoms with Gasteiger partial charge in [-0.1, -0.05) is 27.7 Å². The highest BCUT2D eigenvalue weighted by molar-refractivity contribution is 6.23. The van der Waals surface area contributed by atoms with Crippen LogP contribution in [0.15, 0.2) is 48.7 Å². The lowest BCUT2D eigenvalue weighted by Gasteiger charge is -2.62. The third-order valence-electron chi connectivity index (χ3n) is 12.0. The number of carbonyl (C=O) groups excluding carboxylic acids is 5. The minimum absolute atomic E-state index is 0.0732. The number of fused-ring (bicyclic) bond motifs is 1. The zero-order valence-corrected chi connectivity index (χ0v) is 33.7. The number of nitriles is 1. The standard InChI is InChI=1S/C43H50N8O7/c1-26-27(24-44)10-16-35(46-26)58-41-42(2,3)40(43(41,4)5)48-36(53)28-9-14-33(45-25-28)50-20-18-49(19-21-50)17-7-6-8-22-57-29-11-12-30-31(23-29)39(56)51(38(30)55)32-13-15-34(52)47-37(32)54/h9-12,14,16,23,25,32,40-41H,6-8,13,15,17-22H2,1-5H3,(H,48,53)(H,47,52,54)/t32?,40-,41-. The van der Waals surface area contributed by atoms with Gasteiger partial charge >= 0.3 is 0 Å². The summed E-state index contributed by atoms with van der Waals surface area (Å²) in [6, 6.07) is 12.9. The molecule has 15 heteroatoms. The minimum atomic E-state index is -0.998. The van der Waals surface area contributed by atoms with Gasteiger partial charge in [0.25, 0.3) is 17.7 Å². The van der Waals surface area contributed by atoms with E-state index in [1.807, 2.05) is 12.1 Å². The fraction of sp³-hybridized carbons (Fsp3) is 0.488. The monoisotopic (exact) mass is 790 g/mol. The van der Waals surface area contributed by atoms with Gasteiger partial charge in [-0.25, -0.2) is 9.97 Å². The first-order valence-corrected chi connectivity index (χ1v) is 20.0. The molecule has 2 N–H and O–H groups in total. The zero-order valence-electron chi connectivity index (χ0n) is 33.7. The average Bonchev–Trinajstić information content (AvgIpc) is 3.45. The number of amides is 5. The van der Waals surface area contributed by atoms with Crippen LogP contribution >= 0.6 is 0 Å². The molecule has 58 heavy (non-hydrogen) atoms. The number of benzene rings is 1. The molecule has 4 aliphatic rings. The number of imide groups is 2. The highest BCUT2D eigenvalue weighted by Gasteiger charge is 2.64. The Balaban J connectivity index is 0.807. The number of unbranched alkanes of at least 4 members (excludes halogenated alkanes) is 2. The molecule has 304 valence electrons. The summed E-state index contributed by atoms with van der Waals surface area (Å²) < 4.78 is 12.2. The molecule has 1 aromatic carbocycles. The first kappa shape index (κ1) is 40.3. The van der Waals surface area contributed by atoms with Gasteiger partial charge in [0.05, 0.1) is 34.6 Å². The lowest BCUT2D eigenvalue weighted by atomic mass is 9.49. The average molecular weight is 791 g/mol. The number of carbonyl (C=O) groups is 5. The van der Waals surface area contributed by atoms with Crippen LogP contribution in [-0.2, 0) is 9.59 Å². The van der Waals surface area contributed by atoms with Crippen LogP contribution < -0.4 is 25.0 Å². The summed E-state index contributed by atoms with van der Waals surface area (Å²) in [5.41, 5.74) is 1.33. The molecule has 1 saturated carbocycles. The smallest absolute Gasteiger partial charge is 0.262 e. The van der Waals surface area contributed by atoms with E-state index in [4.69, 9.17) is 9.47 Å². The van der Waals surface area contributed by atoms with Crippen LogP contribution in [0.1, 0.15) is 102 Å². The zero-order chi connectivity index (χ0) is 41.4. The van der Waals surface area contributed by atoms with Gasteiger partial charge in [0.15, 0.2) is 0 Å². The number of anilines is 1. The van der Waals surface area contributed by atoms with Gasteiger partial charge in [-0.15, -0.1) is 0 Å². The number of aromatic nitrogens is 2. The second kappa shape index (κ2) is 16.2. The van der Waals surface area contributed by atoms with Crippen molar-refractivity contribution < 1.29 is 33.4 Å². The van der Waals surface area contributed by atoms with Crippen LogP contribution in [-0.4, -0.2) is 107 Å². The van der Waals surface area contributed by atoms with Crippen LogP contribution in [0.4, 0.5) is 5.82 Å². The molecule has 15 nitrogen and oxygen atoms in total. The molecule has 2 aromatic heterocycles. The maximum absolute atomic E-state index is 13.4. The van der Waals surface area contributed by atoms with Crippen molar-refractivity contribution >= 4 is 35.4 Å². The van der Waals surface area contributed by atoms with Gasteiger partial charge in [-0.2, -0.15) is 5.26 Å². The number of nitrogens with one attached hydrogen (secondary N) is 2. The van der Waals surface area contributed by atoms with Crippen molar-refractivity contribution in [3.63, 3.8) is 0 Å². The third-order valence-corrected chi connectivity index (χ3v) is 12.0. The Hall–Kier alpha value is -5.88. The molecule has 0 spiro atoms. The van der Waals surface area contributed by atoms with E-state index in [1.165, 1.54) is 0 Å².